The lowest BCUT2D eigenvalue weighted by molar-refractivity contribution is -0.0668. The van der Waals surface area contributed by atoms with E-state index in [1.54, 1.807) is 18.4 Å². The molecule has 5 heteroatoms. The number of aryl methyl sites for hydroxylation is 1. The second-order valence-corrected chi connectivity index (χ2v) is 7.48. The standard InChI is InChI=1S/C15H23NO3S/c1-10-11(12(17)18-4)16-13(20-10)15(19-5)8-6-14(2,3)7-9-15/h6-9H2,1-5H3. The van der Waals surface area contributed by atoms with Crippen molar-refractivity contribution in [1.82, 2.24) is 4.98 Å². The molecule has 0 atom stereocenters. The van der Waals surface area contributed by atoms with Gasteiger partial charge in [0.15, 0.2) is 5.69 Å². The summed E-state index contributed by atoms with van der Waals surface area (Å²) in [6, 6.07) is 0. The molecule has 1 heterocycles. The summed E-state index contributed by atoms with van der Waals surface area (Å²) in [6.45, 7) is 6.49. The van der Waals surface area contributed by atoms with Crippen LogP contribution in [0.1, 0.15) is 59.9 Å². The molecule has 0 unspecified atom stereocenters. The van der Waals surface area contributed by atoms with E-state index in [9.17, 15) is 4.79 Å². The number of carbonyl (C=O) groups is 1. The van der Waals surface area contributed by atoms with Crippen LogP contribution in [0.15, 0.2) is 0 Å². The zero-order valence-electron chi connectivity index (χ0n) is 12.9. The number of nitrogens with zero attached hydrogens (tertiary/aromatic N) is 1. The lowest BCUT2D eigenvalue weighted by Crippen LogP contribution is -2.36. The Morgan fingerprint density at radius 1 is 1.20 bits per heavy atom. The number of thiazole rings is 1. The summed E-state index contributed by atoms with van der Waals surface area (Å²) in [5.41, 5.74) is 0.449. The summed E-state index contributed by atoms with van der Waals surface area (Å²) >= 11 is 1.55. The average molecular weight is 297 g/mol. The molecule has 20 heavy (non-hydrogen) atoms. The summed E-state index contributed by atoms with van der Waals surface area (Å²) in [7, 11) is 3.13. The molecule has 0 bridgehead atoms. The first-order chi connectivity index (χ1) is 9.33. The highest BCUT2D eigenvalue weighted by Gasteiger charge is 2.42. The van der Waals surface area contributed by atoms with Gasteiger partial charge in [-0.3, -0.25) is 0 Å². The lowest BCUT2D eigenvalue weighted by atomic mass is 9.71. The SMILES string of the molecule is COC(=O)c1nc(C2(OC)CCC(C)(C)CC2)sc1C. The van der Waals surface area contributed by atoms with E-state index < -0.39 is 0 Å². The Labute approximate surface area is 124 Å². The van der Waals surface area contributed by atoms with Crippen molar-refractivity contribution in [2.24, 2.45) is 5.41 Å². The smallest absolute Gasteiger partial charge is 0.357 e. The molecule has 4 nitrogen and oxygen atoms in total. The van der Waals surface area contributed by atoms with E-state index in [1.165, 1.54) is 7.11 Å². The Morgan fingerprint density at radius 2 is 1.80 bits per heavy atom. The van der Waals surface area contributed by atoms with Crippen molar-refractivity contribution in [3.05, 3.63) is 15.6 Å². The van der Waals surface area contributed by atoms with Gasteiger partial charge in [-0.2, -0.15) is 0 Å². The molecule has 1 saturated carbocycles. The van der Waals surface area contributed by atoms with Crippen LogP contribution in [-0.2, 0) is 15.1 Å². The van der Waals surface area contributed by atoms with Gasteiger partial charge in [0.2, 0.25) is 0 Å². The Kier molecular flexibility index (Phi) is 4.21. The number of hydrogen-bond acceptors (Lipinski definition) is 5. The minimum Gasteiger partial charge on any atom is -0.464 e. The highest BCUT2D eigenvalue weighted by Crippen LogP contribution is 2.48. The summed E-state index contributed by atoms with van der Waals surface area (Å²) in [5, 5.41) is 0.911. The van der Waals surface area contributed by atoms with Crippen LogP contribution in [0.3, 0.4) is 0 Å². The molecule has 0 aliphatic heterocycles. The second kappa shape index (κ2) is 5.45. The second-order valence-electron chi connectivity index (χ2n) is 6.28. The predicted octanol–water partition coefficient (Wildman–Crippen LogP) is 3.68. The number of hydrogen-bond donors (Lipinski definition) is 0. The number of aromatic nitrogens is 1. The lowest BCUT2D eigenvalue weighted by Gasteiger charge is -2.41. The predicted molar refractivity (Wildman–Crippen MR) is 79.1 cm³/mol. The number of ether oxygens (including phenoxy) is 2. The van der Waals surface area contributed by atoms with Gasteiger partial charge in [-0.1, -0.05) is 13.8 Å². The van der Waals surface area contributed by atoms with Crippen molar-refractivity contribution in [2.45, 2.75) is 52.1 Å². The quantitative estimate of drug-likeness (QED) is 0.799. The molecule has 1 fully saturated rings. The van der Waals surface area contributed by atoms with E-state index in [0.717, 1.165) is 35.6 Å². The third-order valence-corrected chi connectivity index (χ3v) is 5.52. The van der Waals surface area contributed by atoms with Gasteiger partial charge in [0.05, 0.1) is 7.11 Å². The van der Waals surface area contributed by atoms with Crippen LogP contribution in [0, 0.1) is 12.3 Å². The third kappa shape index (κ3) is 2.74. The molecule has 0 radical (unpaired) electrons. The minimum atomic E-state index is -0.368. The molecule has 1 aliphatic rings. The van der Waals surface area contributed by atoms with Crippen molar-refractivity contribution in [2.75, 3.05) is 14.2 Å². The number of methoxy groups -OCH3 is 2. The Hall–Kier alpha value is -0.940. The fraction of sp³-hybridized carbons (Fsp3) is 0.733. The molecule has 1 aliphatic carbocycles. The average Bonchev–Trinajstić information content (AvgIpc) is 2.81. The first-order valence-corrected chi connectivity index (χ1v) is 7.77. The highest BCUT2D eigenvalue weighted by molar-refractivity contribution is 7.12. The molecule has 0 aromatic carbocycles. The van der Waals surface area contributed by atoms with Crippen LogP contribution in [0.25, 0.3) is 0 Å². The molecule has 0 saturated heterocycles. The number of esters is 1. The first-order valence-electron chi connectivity index (χ1n) is 6.95. The Bertz CT molecular complexity index is 497. The van der Waals surface area contributed by atoms with Crippen molar-refractivity contribution >= 4 is 17.3 Å². The Balaban J connectivity index is 2.31. The highest BCUT2D eigenvalue weighted by atomic mass is 32.1. The largest absolute Gasteiger partial charge is 0.464 e. The van der Waals surface area contributed by atoms with E-state index in [4.69, 9.17) is 9.47 Å². The van der Waals surface area contributed by atoms with Gasteiger partial charge >= 0.3 is 5.97 Å². The molecule has 0 N–H and O–H groups in total. The first kappa shape index (κ1) is 15.4. The van der Waals surface area contributed by atoms with Crippen LogP contribution in [0.4, 0.5) is 0 Å². The fourth-order valence-corrected chi connectivity index (χ4v) is 3.84. The molecule has 2 rings (SSSR count). The van der Waals surface area contributed by atoms with Gasteiger partial charge in [-0.15, -0.1) is 11.3 Å². The van der Waals surface area contributed by atoms with E-state index in [2.05, 4.69) is 18.8 Å². The van der Waals surface area contributed by atoms with Crippen LogP contribution in [0.2, 0.25) is 0 Å². The summed E-state index contributed by atoms with van der Waals surface area (Å²) in [6.07, 6.45) is 4.11. The third-order valence-electron chi connectivity index (χ3n) is 4.37. The van der Waals surface area contributed by atoms with Gasteiger partial charge in [0.1, 0.15) is 10.6 Å². The molecule has 112 valence electrons. The summed E-state index contributed by atoms with van der Waals surface area (Å²) in [5.74, 6) is -0.368. The van der Waals surface area contributed by atoms with Crippen molar-refractivity contribution in [1.29, 1.82) is 0 Å². The van der Waals surface area contributed by atoms with Crippen molar-refractivity contribution in [3.8, 4) is 0 Å². The van der Waals surface area contributed by atoms with Gasteiger partial charge in [0.25, 0.3) is 0 Å². The van der Waals surface area contributed by atoms with Crippen LogP contribution < -0.4 is 0 Å². The van der Waals surface area contributed by atoms with E-state index in [1.807, 2.05) is 6.92 Å². The minimum absolute atomic E-state index is 0.336. The molecular formula is C15H23NO3S. The molecule has 0 spiro atoms. The van der Waals surface area contributed by atoms with E-state index in [0.29, 0.717) is 11.1 Å². The maximum atomic E-state index is 11.7. The number of rotatable bonds is 3. The van der Waals surface area contributed by atoms with Crippen LogP contribution in [-0.4, -0.2) is 25.2 Å². The number of carbonyl (C=O) groups excluding carboxylic acids is 1. The van der Waals surface area contributed by atoms with Gasteiger partial charge in [0, 0.05) is 12.0 Å². The van der Waals surface area contributed by atoms with E-state index in [-0.39, 0.29) is 11.6 Å². The topological polar surface area (TPSA) is 48.4 Å². The van der Waals surface area contributed by atoms with Gasteiger partial charge < -0.3 is 9.47 Å². The molecule has 1 aromatic rings. The van der Waals surface area contributed by atoms with Crippen LogP contribution in [0.5, 0.6) is 0 Å². The van der Waals surface area contributed by atoms with Crippen molar-refractivity contribution in [3.63, 3.8) is 0 Å². The Morgan fingerprint density at radius 3 is 2.30 bits per heavy atom. The van der Waals surface area contributed by atoms with Gasteiger partial charge in [-0.05, 0) is 38.0 Å². The van der Waals surface area contributed by atoms with Crippen molar-refractivity contribution < 1.29 is 14.3 Å². The monoisotopic (exact) mass is 297 g/mol. The molecule has 1 aromatic heterocycles. The normalized spacial score (nSPS) is 20.6. The fourth-order valence-electron chi connectivity index (χ4n) is 2.71. The maximum absolute atomic E-state index is 11.7. The summed E-state index contributed by atoms with van der Waals surface area (Å²) < 4.78 is 10.6. The maximum Gasteiger partial charge on any atom is 0.357 e. The van der Waals surface area contributed by atoms with Crippen LogP contribution >= 0.6 is 11.3 Å². The summed E-state index contributed by atoms with van der Waals surface area (Å²) in [4.78, 5) is 17.1. The molecular weight excluding hydrogens is 274 g/mol. The zero-order valence-corrected chi connectivity index (χ0v) is 13.7. The van der Waals surface area contributed by atoms with Gasteiger partial charge in [-0.25, -0.2) is 9.78 Å². The van der Waals surface area contributed by atoms with E-state index >= 15 is 0 Å². The zero-order chi connectivity index (χ0) is 15.0. The molecule has 0 amide bonds.